The zero-order chi connectivity index (χ0) is 45.7. The summed E-state index contributed by atoms with van der Waals surface area (Å²) in [4.78, 5) is 69.9. The number of amides is 6. The number of benzene rings is 1. The summed E-state index contributed by atoms with van der Waals surface area (Å²) in [5.41, 5.74) is -16.4. The molecule has 0 radical (unpaired) electrons. The van der Waals surface area contributed by atoms with E-state index in [-0.39, 0.29) is 39.9 Å². The normalized spacial score (nSPS) is 26.4. The Bertz CT molecular complexity index is 2240. The molecule has 0 N–H and O–H groups in total. The third-order valence-corrected chi connectivity index (χ3v) is 12.3. The molecule has 0 aromatic heterocycles. The summed E-state index contributed by atoms with van der Waals surface area (Å²) in [6.45, 7) is 3.12. The van der Waals surface area contributed by atoms with Crippen LogP contribution in [0.2, 0.25) is 0 Å². The SMILES string of the molecule is CCC(c1ccccc1)C1C(=O)N(OS(=O)(=O)C(F)(F)F)C(=O)C1C.O=C1C2C3C=CC(C3)C2C(=O)N1OS(=O)(=O)C(F)(F)F.O=C1CCC(=O)N1OS(=O)(=O)C(F)(F)F. The van der Waals surface area contributed by atoms with Crippen molar-refractivity contribution >= 4 is 65.8 Å². The molecule has 1 saturated carbocycles. The van der Waals surface area contributed by atoms with Gasteiger partial charge >= 0.3 is 46.9 Å². The molecule has 2 bridgehead atoms. The number of hydrogen-bond donors (Lipinski definition) is 0. The fraction of sp³-hybridized carbons (Fsp3) is 0.533. The van der Waals surface area contributed by atoms with E-state index in [0.29, 0.717) is 12.8 Å². The Kier molecular flexibility index (Phi) is 13.4. The van der Waals surface area contributed by atoms with E-state index in [9.17, 15) is 93.5 Å². The van der Waals surface area contributed by atoms with Gasteiger partial charge in [0.05, 0.1) is 23.7 Å². The van der Waals surface area contributed by atoms with E-state index < -0.39 is 112 Å². The summed E-state index contributed by atoms with van der Waals surface area (Å²) < 4.78 is 185. The molecule has 18 nitrogen and oxygen atoms in total. The van der Waals surface area contributed by atoms with Gasteiger partial charge in [-0.1, -0.05) is 56.3 Å². The lowest BCUT2D eigenvalue weighted by atomic mass is 9.78. The molecule has 3 aliphatic heterocycles. The Labute approximate surface area is 332 Å². The average Bonchev–Trinajstić information content (AvgIpc) is 3.92. The van der Waals surface area contributed by atoms with Crippen molar-refractivity contribution < 1.29 is 106 Å². The zero-order valence-electron chi connectivity index (χ0n) is 30.0. The lowest BCUT2D eigenvalue weighted by Gasteiger charge is -2.23. The maximum Gasteiger partial charge on any atom is 0.525 e. The molecule has 60 heavy (non-hydrogen) atoms. The van der Waals surface area contributed by atoms with Gasteiger partial charge in [-0.05, 0) is 36.2 Å². The van der Waals surface area contributed by atoms with E-state index in [1.807, 2.05) is 0 Å². The van der Waals surface area contributed by atoms with E-state index >= 15 is 0 Å². The van der Waals surface area contributed by atoms with Crippen molar-refractivity contribution in [2.45, 2.75) is 62.0 Å². The molecule has 3 saturated heterocycles. The first-order valence-electron chi connectivity index (χ1n) is 16.7. The molecule has 6 rings (SSSR count). The van der Waals surface area contributed by atoms with Crippen LogP contribution in [0, 0.1) is 35.5 Å². The summed E-state index contributed by atoms with van der Waals surface area (Å²) in [6, 6.07) is 8.68. The fourth-order valence-electron chi connectivity index (χ4n) is 6.80. The van der Waals surface area contributed by atoms with Gasteiger partial charge in [0.15, 0.2) is 0 Å². The van der Waals surface area contributed by atoms with Gasteiger partial charge in [-0.15, -0.1) is 28.0 Å². The van der Waals surface area contributed by atoms with Crippen LogP contribution in [0.4, 0.5) is 39.5 Å². The van der Waals surface area contributed by atoms with Gasteiger partial charge < -0.3 is 0 Å². The number of imide groups is 3. The predicted molar refractivity (Wildman–Crippen MR) is 173 cm³/mol. The van der Waals surface area contributed by atoms with Crippen LogP contribution in [-0.4, -0.2) is 92.4 Å². The predicted octanol–water partition coefficient (Wildman–Crippen LogP) is 3.07. The van der Waals surface area contributed by atoms with Gasteiger partial charge in [-0.2, -0.15) is 64.8 Å². The van der Waals surface area contributed by atoms with Crippen molar-refractivity contribution in [2.24, 2.45) is 35.5 Å². The number of allylic oxidation sites excluding steroid dienone is 2. The number of hydroxylamine groups is 6. The second-order valence-electron chi connectivity index (χ2n) is 13.2. The monoisotopic (exact) mass is 937 g/mol. The highest BCUT2D eigenvalue weighted by Gasteiger charge is 2.63. The van der Waals surface area contributed by atoms with Crippen molar-refractivity contribution in [2.75, 3.05) is 0 Å². The van der Waals surface area contributed by atoms with E-state index in [2.05, 4.69) is 12.9 Å². The molecule has 7 atom stereocenters. The number of hydrogen-bond acceptors (Lipinski definition) is 15. The Morgan fingerprint density at radius 2 is 0.967 bits per heavy atom. The van der Waals surface area contributed by atoms with Crippen LogP contribution in [-0.2, 0) is 72.0 Å². The van der Waals surface area contributed by atoms with Gasteiger partial charge in [0.1, 0.15) is 0 Å². The smallest absolute Gasteiger partial charge is 0.272 e. The highest BCUT2D eigenvalue weighted by atomic mass is 32.2. The maximum atomic E-state index is 12.5. The summed E-state index contributed by atoms with van der Waals surface area (Å²) in [6.07, 6.45) is 3.71. The van der Waals surface area contributed by atoms with Gasteiger partial charge in [0.2, 0.25) is 0 Å². The van der Waals surface area contributed by atoms with E-state index in [1.54, 1.807) is 49.4 Å². The lowest BCUT2D eigenvalue weighted by molar-refractivity contribution is -0.170. The van der Waals surface area contributed by atoms with Crippen LogP contribution in [0.25, 0.3) is 0 Å². The van der Waals surface area contributed by atoms with Crippen LogP contribution >= 0.6 is 0 Å². The first-order valence-corrected chi connectivity index (χ1v) is 20.9. The van der Waals surface area contributed by atoms with Gasteiger partial charge in [0, 0.05) is 12.8 Å². The number of rotatable bonds is 9. The van der Waals surface area contributed by atoms with Gasteiger partial charge in [-0.3, -0.25) is 28.8 Å². The standard InChI is InChI=1S/C15H16F3NO5S.C10H8F3NO5S.C5H4F3NO5S/c1-3-11(10-7-5-4-6-8-10)12-9(2)13(20)19(14(12)21)24-25(22,23)15(16,17)18;11-10(12,13)20(17,18)19-14-8(15)6-4-1-2-5(3-4)7(6)9(14)16;6-5(7,8)15(12,13)14-9-3(10)1-2-4(9)11/h4-9,11-12H,3H2,1-2H3;1-2,4-7H,3H2;1-2H2. The maximum absolute atomic E-state index is 12.5. The molecule has 3 heterocycles. The lowest BCUT2D eigenvalue weighted by Crippen LogP contribution is -2.39. The first-order chi connectivity index (χ1) is 27.3. The van der Waals surface area contributed by atoms with Crippen LogP contribution < -0.4 is 0 Å². The van der Waals surface area contributed by atoms with Crippen molar-refractivity contribution in [3.05, 3.63) is 48.0 Å². The quantitative estimate of drug-likeness (QED) is 0.150. The largest absolute Gasteiger partial charge is 0.525 e. The molecule has 1 aromatic carbocycles. The number of nitrogens with zero attached hydrogens (tertiary/aromatic N) is 3. The third kappa shape index (κ3) is 9.35. The fourth-order valence-corrected chi connectivity index (χ4v) is 8.10. The van der Waals surface area contributed by atoms with Crippen LogP contribution in [0.15, 0.2) is 42.5 Å². The van der Waals surface area contributed by atoms with Crippen LogP contribution in [0.1, 0.15) is 51.0 Å². The average molecular weight is 938 g/mol. The first kappa shape index (κ1) is 48.1. The molecule has 7 unspecified atom stereocenters. The number of carbonyl (C=O) groups excluding carboxylic acids is 6. The van der Waals surface area contributed by atoms with Crippen molar-refractivity contribution in [3.8, 4) is 0 Å². The molecule has 334 valence electrons. The summed E-state index contributed by atoms with van der Waals surface area (Å²) in [7, 11) is -18.1. The summed E-state index contributed by atoms with van der Waals surface area (Å²) >= 11 is 0. The number of fused-ring (bicyclic) bond motifs is 5. The second kappa shape index (κ2) is 16.7. The number of alkyl halides is 9. The van der Waals surface area contributed by atoms with E-state index in [1.165, 1.54) is 6.92 Å². The molecule has 4 fully saturated rings. The van der Waals surface area contributed by atoms with Crippen molar-refractivity contribution in [1.82, 2.24) is 15.2 Å². The van der Waals surface area contributed by atoms with Gasteiger partial charge in [0.25, 0.3) is 35.4 Å². The highest BCUT2D eigenvalue weighted by molar-refractivity contribution is 7.88. The van der Waals surface area contributed by atoms with E-state index in [4.69, 9.17) is 0 Å². The second-order valence-corrected chi connectivity index (χ2v) is 17.7. The Balaban J connectivity index is 0.000000205. The summed E-state index contributed by atoms with van der Waals surface area (Å²) in [5, 5.41) is -0.906. The minimum atomic E-state index is -6.11. The molecule has 5 aliphatic rings. The van der Waals surface area contributed by atoms with Crippen LogP contribution in [0.5, 0.6) is 0 Å². The van der Waals surface area contributed by atoms with Gasteiger partial charge in [-0.25, -0.2) is 0 Å². The number of halogens is 9. The number of carbonyl (C=O) groups is 6. The molecule has 2 aliphatic carbocycles. The molecular formula is C30H28F9N3O15S3. The topological polar surface area (TPSA) is 242 Å². The van der Waals surface area contributed by atoms with Crippen molar-refractivity contribution in [3.63, 3.8) is 0 Å². The Morgan fingerprint density at radius 3 is 1.33 bits per heavy atom. The molecular weight excluding hydrogens is 910 g/mol. The third-order valence-electron chi connectivity index (χ3n) is 9.52. The minimum absolute atomic E-state index is 0.246. The zero-order valence-corrected chi connectivity index (χ0v) is 32.5. The Hall–Kier alpha value is -4.52. The van der Waals surface area contributed by atoms with Crippen LogP contribution in [0.3, 0.4) is 0 Å². The summed E-state index contributed by atoms with van der Waals surface area (Å²) in [5.74, 6) is -11.1. The Morgan fingerprint density at radius 1 is 0.600 bits per heavy atom. The molecule has 1 aromatic rings. The minimum Gasteiger partial charge on any atom is -0.272 e. The highest BCUT2D eigenvalue weighted by Crippen LogP contribution is 2.53. The molecule has 0 spiro atoms. The molecule has 30 heteroatoms. The van der Waals surface area contributed by atoms with Crippen molar-refractivity contribution in [1.29, 1.82) is 0 Å². The molecule has 6 amide bonds. The van der Waals surface area contributed by atoms with E-state index in [0.717, 1.165) is 5.56 Å².